The minimum absolute atomic E-state index is 0.115. The van der Waals surface area contributed by atoms with E-state index >= 15 is 0 Å². The van der Waals surface area contributed by atoms with Crippen LogP contribution in [0.25, 0.3) is 10.9 Å². The summed E-state index contributed by atoms with van der Waals surface area (Å²) >= 11 is 3.48. The Morgan fingerprint density at radius 3 is 2.74 bits per heavy atom. The van der Waals surface area contributed by atoms with Gasteiger partial charge < -0.3 is 9.30 Å². The Balaban J connectivity index is 1.80. The molecule has 31 heavy (non-hydrogen) atoms. The van der Waals surface area contributed by atoms with Gasteiger partial charge in [0.25, 0.3) is 5.56 Å². The van der Waals surface area contributed by atoms with Gasteiger partial charge in [-0.2, -0.15) is 9.78 Å². The standard InChI is InChI=1S/C24H29BrN4O2/c1-16-13-19(17(2)28(16)11-12-31-3)15-26-29-23(18-7-5-4-6-8-18)27-22-10-9-20(25)14-21(22)24(29)30/h9-10,13-15,18H,4-8,11-12H2,1-3H3. The van der Waals surface area contributed by atoms with Gasteiger partial charge in [0.1, 0.15) is 5.82 Å². The van der Waals surface area contributed by atoms with E-state index < -0.39 is 0 Å². The van der Waals surface area contributed by atoms with E-state index in [2.05, 4.69) is 45.5 Å². The first-order chi connectivity index (χ1) is 15.0. The molecule has 0 spiro atoms. The summed E-state index contributed by atoms with van der Waals surface area (Å²) in [6.07, 6.45) is 7.49. The highest BCUT2D eigenvalue weighted by molar-refractivity contribution is 9.10. The number of aryl methyl sites for hydroxylation is 1. The first kappa shape index (κ1) is 22.0. The van der Waals surface area contributed by atoms with Crippen LogP contribution in [0.4, 0.5) is 0 Å². The topological polar surface area (TPSA) is 61.4 Å². The third-order valence-corrected chi connectivity index (χ3v) is 6.74. The van der Waals surface area contributed by atoms with Crippen LogP contribution < -0.4 is 5.56 Å². The lowest BCUT2D eigenvalue weighted by atomic mass is 9.88. The maximum Gasteiger partial charge on any atom is 0.282 e. The fourth-order valence-corrected chi connectivity index (χ4v) is 4.87. The molecule has 0 aliphatic heterocycles. The van der Waals surface area contributed by atoms with Gasteiger partial charge in [-0.05, 0) is 51.0 Å². The molecule has 2 aromatic heterocycles. The van der Waals surface area contributed by atoms with Crippen molar-refractivity contribution in [3.63, 3.8) is 0 Å². The van der Waals surface area contributed by atoms with E-state index in [9.17, 15) is 4.79 Å². The Labute approximate surface area is 191 Å². The van der Waals surface area contributed by atoms with Crippen LogP contribution in [0.1, 0.15) is 60.8 Å². The molecular weight excluding hydrogens is 456 g/mol. The Morgan fingerprint density at radius 1 is 1.23 bits per heavy atom. The number of hydrogen-bond acceptors (Lipinski definition) is 4. The van der Waals surface area contributed by atoms with Gasteiger partial charge >= 0.3 is 0 Å². The highest BCUT2D eigenvalue weighted by atomic mass is 79.9. The van der Waals surface area contributed by atoms with Gasteiger partial charge in [0.05, 0.1) is 23.7 Å². The van der Waals surface area contributed by atoms with Gasteiger partial charge in [0.15, 0.2) is 0 Å². The van der Waals surface area contributed by atoms with Crippen molar-refractivity contribution in [3.8, 4) is 0 Å². The van der Waals surface area contributed by atoms with E-state index in [-0.39, 0.29) is 11.5 Å². The molecule has 3 aromatic rings. The van der Waals surface area contributed by atoms with Crippen molar-refractivity contribution in [2.24, 2.45) is 5.10 Å². The molecule has 6 nitrogen and oxygen atoms in total. The molecule has 1 fully saturated rings. The molecule has 0 atom stereocenters. The molecule has 0 unspecified atom stereocenters. The van der Waals surface area contributed by atoms with Gasteiger partial charge in [-0.25, -0.2) is 4.98 Å². The van der Waals surface area contributed by atoms with Crippen LogP contribution >= 0.6 is 15.9 Å². The number of fused-ring (bicyclic) bond motifs is 1. The van der Waals surface area contributed by atoms with E-state index in [1.807, 2.05) is 18.2 Å². The summed E-state index contributed by atoms with van der Waals surface area (Å²) in [5.74, 6) is 1.05. The highest BCUT2D eigenvalue weighted by Gasteiger charge is 2.22. The molecule has 1 saturated carbocycles. The normalized spacial score (nSPS) is 15.4. The second-order valence-electron chi connectivity index (χ2n) is 8.30. The number of rotatable bonds is 6. The zero-order chi connectivity index (χ0) is 22.0. The van der Waals surface area contributed by atoms with Crippen molar-refractivity contribution in [3.05, 3.63) is 61.9 Å². The van der Waals surface area contributed by atoms with Crippen molar-refractivity contribution in [2.75, 3.05) is 13.7 Å². The second kappa shape index (κ2) is 9.49. The van der Waals surface area contributed by atoms with Crippen LogP contribution in [-0.2, 0) is 11.3 Å². The molecular formula is C24H29BrN4O2. The molecule has 7 heteroatoms. The molecule has 1 aliphatic rings. The Morgan fingerprint density at radius 2 is 2.00 bits per heavy atom. The largest absolute Gasteiger partial charge is 0.383 e. The smallest absolute Gasteiger partial charge is 0.282 e. The van der Waals surface area contributed by atoms with Crippen molar-refractivity contribution in [1.82, 2.24) is 14.2 Å². The van der Waals surface area contributed by atoms with Gasteiger partial charge in [-0.3, -0.25) is 4.79 Å². The molecule has 0 amide bonds. The van der Waals surface area contributed by atoms with Crippen LogP contribution in [0.2, 0.25) is 0 Å². The fraction of sp³-hybridized carbons (Fsp3) is 0.458. The van der Waals surface area contributed by atoms with Gasteiger partial charge in [-0.1, -0.05) is 35.2 Å². The van der Waals surface area contributed by atoms with Crippen molar-refractivity contribution < 1.29 is 4.74 Å². The lowest BCUT2D eigenvalue weighted by molar-refractivity contribution is 0.186. The SMILES string of the molecule is COCCn1c(C)cc(C=Nn2c(C3CCCCC3)nc3ccc(Br)cc3c2=O)c1C. The van der Waals surface area contributed by atoms with E-state index in [1.54, 1.807) is 13.3 Å². The van der Waals surface area contributed by atoms with Crippen LogP contribution in [-0.4, -0.2) is 34.2 Å². The second-order valence-corrected chi connectivity index (χ2v) is 9.21. The molecule has 0 saturated heterocycles. The van der Waals surface area contributed by atoms with E-state index in [0.29, 0.717) is 12.0 Å². The molecule has 164 valence electrons. The van der Waals surface area contributed by atoms with Crippen LogP contribution in [0.3, 0.4) is 0 Å². The molecule has 1 aromatic carbocycles. The maximum atomic E-state index is 13.4. The Kier molecular flexibility index (Phi) is 6.72. The first-order valence-corrected chi connectivity index (χ1v) is 11.7. The summed E-state index contributed by atoms with van der Waals surface area (Å²) in [6.45, 7) is 5.60. The third-order valence-electron chi connectivity index (χ3n) is 6.25. The number of aromatic nitrogens is 3. The monoisotopic (exact) mass is 484 g/mol. The van der Waals surface area contributed by atoms with E-state index in [1.165, 1.54) is 23.9 Å². The minimum atomic E-state index is -0.115. The summed E-state index contributed by atoms with van der Waals surface area (Å²) in [6, 6.07) is 7.77. The number of ether oxygens (including phenoxy) is 1. The van der Waals surface area contributed by atoms with Crippen molar-refractivity contribution in [1.29, 1.82) is 0 Å². The minimum Gasteiger partial charge on any atom is -0.383 e. The van der Waals surface area contributed by atoms with Crippen LogP contribution in [0.5, 0.6) is 0 Å². The fourth-order valence-electron chi connectivity index (χ4n) is 4.51. The molecule has 1 aliphatic carbocycles. The maximum absolute atomic E-state index is 13.4. The summed E-state index contributed by atoms with van der Waals surface area (Å²) in [4.78, 5) is 18.3. The van der Waals surface area contributed by atoms with E-state index in [4.69, 9.17) is 9.72 Å². The average Bonchev–Trinajstić information content (AvgIpc) is 3.05. The predicted octanol–water partition coefficient (Wildman–Crippen LogP) is 5.15. The summed E-state index contributed by atoms with van der Waals surface area (Å²) in [5.41, 5.74) is 3.89. The van der Waals surface area contributed by atoms with Crippen LogP contribution in [0, 0.1) is 13.8 Å². The molecule has 0 N–H and O–H groups in total. The lowest BCUT2D eigenvalue weighted by Gasteiger charge is -2.22. The molecule has 0 radical (unpaired) electrons. The van der Waals surface area contributed by atoms with Gasteiger partial charge in [-0.15, -0.1) is 0 Å². The zero-order valence-corrected chi connectivity index (χ0v) is 20.0. The van der Waals surface area contributed by atoms with E-state index in [0.717, 1.165) is 52.2 Å². The zero-order valence-electron chi connectivity index (χ0n) is 18.4. The molecule has 4 rings (SSSR count). The summed E-state index contributed by atoms with van der Waals surface area (Å²) < 4.78 is 9.84. The average molecular weight is 485 g/mol. The number of nitrogens with zero attached hydrogens (tertiary/aromatic N) is 4. The third kappa shape index (κ3) is 4.53. The quantitative estimate of drug-likeness (QED) is 0.454. The van der Waals surface area contributed by atoms with Crippen molar-refractivity contribution in [2.45, 2.75) is 58.4 Å². The van der Waals surface area contributed by atoms with Crippen LogP contribution in [0.15, 0.2) is 38.6 Å². The number of benzene rings is 1. The van der Waals surface area contributed by atoms with Crippen molar-refractivity contribution >= 4 is 33.0 Å². The number of methoxy groups -OCH3 is 1. The number of halogens is 1. The highest BCUT2D eigenvalue weighted by Crippen LogP contribution is 2.32. The summed E-state index contributed by atoms with van der Waals surface area (Å²) in [5, 5.41) is 5.26. The number of hydrogen-bond donors (Lipinski definition) is 0. The lowest BCUT2D eigenvalue weighted by Crippen LogP contribution is -2.25. The summed E-state index contributed by atoms with van der Waals surface area (Å²) in [7, 11) is 1.71. The molecule has 2 heterocycles. The molecule has 0 bridgehead atoms. The first-order valence-electron chi connectivity index (χ1n) is 10.9. The van der Waals surface area contributed by atoms with Gasteiger partial charge in [0, 0.05) is 41.0 Å². The predicted molar refractivity (Wildman–Crippen MR) is 128 cm³/mol. The Bertz CT molecular complexity index is 1170. The Hall–Kier alpha value is -2.25. The van der Waals surface area contributed by atoms with Gasteiger partial charge in [0.2, 0.25) is 0 Å².